The first kappa shape index (κ1) is 12.9. The fourth-order valence-electron chi connectivity index (χ4n) is 0.0402. The molecule has 0 rings (SSSR count). The molecule has 0 heterocycles. The van der Waals surface area contributed by atoms with E-state index in [2.05, 4.69) is 16.8 Å². The molecule has 0 aromatic carbocycles. The largest absolute Gasteiger partial charge is 0.480 e. The molecule has 0 fully saturated rings. The number of urea groups is 1. The van der Waals surface area contributed by atoms with E-state index in [-0.39, 0.29) is 6.54 Å². The van der Waals surface area contributed by atoms with Gasteiger partial charge in [-0.25, -0.2) is 4.79 Å². The third kappa shape index (κ3) is 11.1. The molecule has 12 heavy (non-hydrogen) atoms. The second-order valence-electron chi connectivity index (χ2n) is 1.54. The molecule has 8 nitrogen and oxygen atoms in total. The van der Waals surface area contributed by atoms with E-state index < -0.39 is 12.0 Å². The third-order valence-corrected chi connectivity index (χ3v) is 0.616. The van der Waals surface area contributed by atoms with E-state index in [0.29, 0.717) is 5.01 Å². The molecule has 0 aromatic heterocycles. The van der Waals surface area contributed by atoms with Crippen LogP contribution in [0.2, 0.25) is 0 Å². The number of nitrogens with two attached hydrogens (primary N) is 2. The molecule has 0 saturated heterocycles. The Morgan fingerprint density at radius 3 is 1.92 bits per heavy atom. The monoisotopic (exact) mass is 178 g/mol. The number of hydrogen-bond donors (Lipinski definition) is 3. The summed E-state index contributed by atoms with van der Waals surface area (Å²) in [6.45, 7) is -0.278. The Morgan fingerprint density at radius 2 is 1.92 bits per heavy atom. The van der Waals surface area contributed by atoms with Gasteiger partial charge < -0.3 is 16.6 Å². The lowest BCUT2D eigenvalue weighted by atomic mass is 10.7. The fraction of sp³-hybridized carbons (Fsp3) is 0.500. The zero-order valence-corrected chi connectivity index (χ0v) is 6.43. The molecule has 5 N–H and O–H groups in total. The van der Waals surface area contributed by atoms with Crippen molar-refractivity contribution >= 4 is 12.0 Å². The minimum absolute atomic E-state index is 0.278. The first-order valence-corrected chi connectivity index (χ1v) is 2.74. The third-order valence-electron chi connectivity index (χ3n) is 0.616. The molecule has 0 spiro atoms. The topological polar surface area (TPSA) is 139 Å². The van der Waals surface area contributed by atoms with Gasteiger partial charge in [-0.2, -0.15) is 5.01 Å². The summed E-state index contributed by atoms with van der Waals surface area (Å²) in [6, 6.07) is -0.852. The van der Waals surface area contributed by atoms with Crippen molar-refractivity contribution in [3.63, 3.8) is 0 Å². The van der Waals surface area contributed by atoms with Gasteiger partial charge in [0.15, 0.2) is 0 Å². The van der Waals surface area contributed by atoms with Crippen LogP contribution in [0, 0.1) is 4.91 Å². The lowest BCUT2D eigenvalue weighted by Crippen LogP contribution is -2.26. The van der Waals surface area contributed by atoms with Crippen LogP contribution in [0.5, 0.6) is 0 Å². The predicted molar refractivity (Wildman–Crippen MR) is 39.8 cm³/mol. The number of nitroso groups, excluding NO2 is 1. The summed E-state index contributed by atoms with van der Waals surface area (Å²) in [7, 11) is 1.18. The van der Waals surface area contributed by atoms with Gasteiger partial charge in [-0.3, -0.25) is 4.79 Å². The number of rotatable bonds is 2. The zero-order valence-electron chi connectivity index (χ0n) is 6.43. The summed E-state index contributed by atoms with van der Waals surface area (Å²) in [6.07, 6.45) is 0. The van der Waals surface area contributed by atoms with E-state index in [4.69, 9.17) is 5.11 Å². The van der Waals surface area contributed by atoms with Crippen LogP contribution in [0.1, 0.15) is 0 Å². The second kappa shape index (κ2) is 7.41. The highest BCUT2D eigenvalue weighted by Crippen LogP contribution is 1.76. The van der Waals surface area contributed by atoms with Crippen molar-refractivity contribution in [1.82, 2.24) is 5.01 Å². The van der Waals surface area contributed by atoms with Crippen LogP contribution in [0.4, 0.5) is 4.79 Å². The molecule has 0 aromatic rings. The van der Waals surface area contributed by atoms with Crippen molar-refractivity contribution in [3.8, 4) is 0 Å². The van der Waals surface area contributed by atoms with Gasteiger partial charge in [-0.15, -0.1) is 4.91 Å². The van der Waals surface area contributed by atoms with Crippen molar-refractivity contribution in [2.75, 3.05) is 13.6 Å². The number of hydrogen-bond acceptors (Lipinski definition) is 5. The molecule has 0 aliphatic carbocycles. The summed E-state index contributed by atoms with van der Waals surface area (Å²) in [4.78, 5) is 28.3. The fourth-order valence-corrected chi connectivity index (χ4v) is 0.0402. The van der Waals surface area contributed by atoms with Gasteiger partial charge in [0.25, 0.3) is 0 Å². The summed E-state index contributed by atoms with van der Waals surface area (Å²) < 4.78 is 0. The van der Waals surface area contributed by atoms with E-state index in [1.54, 1.807) is 0 Å². The van der Waals surface area contributed by atoms with E-state index in [0.717, 1.165) is 0 Å². The number of carbonyl (C=O) groups is 2. The van der Waals surface area contributed by atoms with E-state index in [1.807, 2.05) is 0 Å². The van der Waals surface area contributed by atoms with Gasteiger partial charge in [0, 0.05) is 7.05 Å². The Balaban J connectivity index is 0. The highest BCUT2D eigenvalue weighted by molar-refractivity contribution is 5.71. The molecule has 70 valence electrons. The predicted octanol–water partition coefficient (Wildman–Crippen LogP) is -1.29. The molecule has 8 heteroatoms. The lowest BCUT2D eigenvalue weighted by molar-refractivity contribution is -0.135. The van der Waals surface area contributed by atoms with Crippen molar-refractivity contribution in [1.29, 1.82) is 0 Å². The first-order valence-electron chi connectivity index (χ1n) is 2.74. The van der Waals surface area contributed by atoms with Crippen molar-refractivity contribution in [2.24, 2.45) is 16.8 Å². The summed E-state index contributed by atoms with van der Waals surface area (Å²) >= 11 is 0. The van der Waals surface area contributed by atoms with Crippen LogP contribution in [-0.4, -0.2) is 35.7 Å². The number of primary amides is 1. The SMILES string of the molecule is CN(N=O)C(N)=O.NCC(=O)O. The molecule has 0 saturated carbocycles. The standard InChI is InChI=1S/C2H5N3O2.C2H5NO2/c1-5(4-7)2(3)6;3-1-2(4)5/h1H3,(H2,3,6);1,3H2,(H,4,5). The van der Waals surface area contributed by atoms with E-state index in [9.17, 15) is 14.5 Å². The zero-order chi connectivity index (χ0) is 10.1. The van der Waals surface area contributed by atoms with Crippen molar-refractivity contribution in [2.45, 2.75) is 0 Å². The molecular formula is C4H10N4O4. The summed E-state index contributed by atoms with van der Waals surface area (Å²) in [5.41, 5.74) is 9.11. The highest BCUT2D eigenvalue weighted by Gasteiger charge is 1.97. The normalized spacial score (nSPS) is 7.50. The molecule has 0 atom stereocenters. The molecule has 2 amide bonds. The Bertz CT molecular complexity index is 170. The van der Waals surface area contributed by atoms with Crippen LogP contribution in [0.3, 0.4) is 0 Å². The van der Waals surface area contributed by atoms with Gasteiger partial charge in [-0.05, 0) is 0 Å². The van der Waals surface area contributed by atoms with E-state index >= 15 is 0 Å². The smallest absolute Gasteiger partial charge is 0.337 e. The Morgan fingerprint density at radius 1 is 1.58 bits per heavy atom. The lowest BCUT2D eigenvalue weighted by Gasteiger charge is -1.97. The van der Waals surface area contributed by atoms with Crippen LogP contribution in [-0.2, 0) is 4.79 Å². The average Bonchev–Trinajstić information content (AvgIpc) is 2.04. The quantitative estimate of drug-likeness (QED) is 0.356. The Kier molecular flexibility index (Phi) is 7.98. The maximum absolute atomic E-state index is 9.78. The van der Waals surface area contributed by atoms with Gasteiger partial charge >= 0.3 is 12.0 Å². The van der Waals surface area contributed by atoms with Gasteiger partial charge in [0.05, 0.1) is 11.8 Å². The van der Waals surface area contributed by atoms with Crippen LogP contribution >= 0.6 is 0 Å². The maximum Gasteiger partial charge on any atom is 0.337 e. The number of nitrogens with zero attached hydrogens (tertiary/aromatic N) is 2. The minimum Gasteiger partial charge on any atom is -0.480 e. The second-order valence-corrected chi connectivity index (χ2v) is 1.54. The van der Waals surface area contributed by atoms with E-state index in [1.165, 1.54) is 7.05 Å². The number of carboxylic acid groups (broad SMARTS) is 1. The average molecular weight is 178 g/mol. The number of carboxylic acids is 1. The van der Waals surface area contributed by atoms with Crippen molar-refractivity contribution < 1.29 is 14.7 Å². The Labute approximate surface area is 68.1 Å². The summed E-state index contributed by atoms with van der Waals surface area (Å²) in [5, 5.41) is 10.3. The maximum atomic E-state index is 9.78. The molecule has 0 aliphatic rings. The van der Waals surface area contributed by atoms with Crippen LogP contribution in [0.25, 0.3) is 0 Å². The highest BCUT2D eigenvalue weighted by atomic mass is 16.4. The molecule has 0 bridgehead atoms. The molecule has 0 radical (unpaired) electrons. The minimum atomic E-state index is -0.968. The Hall–Kier alpha value is -1.70. The summed E-state index contributed by atoms with van der Waals surface area (Å²) in [5.74, 6) is -0.968. The van der Waals surface area contributed by atoms with Gasteiger partial charge in [0.2, 0.25) is 0 Å². The molecule has 0 unspecified atom stereocenters. The first-order chi connectivity index (χ1) is 5.45. The van der Waals surface area contributed by atoms with Crippen LogP contribution < -0.4 is 11.5 Å². The van der Waals surface area contributed by atoms with Gasteiger partial charge in [-0.1, -0.05) is 0 Å². The van der Waals surface area contributed by atoms with Crippen molar-refractivity contribution in [3.05, 3.63) is 4.91 Å². The number of amides is 2. The number of carbonyl (C=O) groups excluding carboxylic acids is 1. The molecular weight excluding hydrogens is 168 g/mol. The molecule has 0 aliphatic heterocycles. The van der Waals surface area contributed by atoms with Gasteiger partial charge in [0.1, 0.15) is 0 Å². The number of aliphatic carboxylic acids is 1. The van der Waals surface area contributed by atoms with Crippen LogP contribution in [0.15, 0.2) is 5.29 Å².